The summed E-state index contributed by atoms with van der Waals surface area (Å²) in [6, 6.07) is 4.34. The quantitative estimate of drug-likeness (QED) is 0.444. The number of carbonyl (C=O) groups is 1. The molecule has 0 saturated carbocycles. The second-order valence-corrected chi connectivity index (χ2v) is 14.3. The van der Waals surface area contributed by atoms with E-state index in [2.05, 4.69) is 55.9 Å². The molecule has 5 unspecified atom stereocenters. The van der Waals surface area contributed by atoms with Crippen molar-refractivity contribution in [2.24, 2.45) is 11.8 Å². The first-order valence-corrected chi connectivity index (χ1v) is 13.7. The number of likely N-dealkylation sites (tertiary alicyclic amines) is 1. The summed E-state index contributed by atoms with van der Waals surface area (Å²) in [6.45, 7) is 10.0. The van der Waals surface area contributed by atoms with E-state index in [1.54, 1.807) is 0 Å². The first-order chi connectivity index (χ1) is 13.2. The van der Waals surface area contributed by atoms with Crippen LogP contribution in [0.25, 0.3) is 0 Å². The van der Waals surface area contributed by atoms with E-state index in [0.29, 0.717) is 11.8 Å². The number of likely N-dealkylation sites (N-methyl/N-ethyl adjacent to an activating group) is 1. The van der Waals surface area contributed by atoms with Crippen molar-refractivity contribution in [2.45, 2.75) is 50.6 Å². The smallest absolute Gasteiger partial charge is 0.303 e. The molecular weight excluding hydrogens is 370 g/mol. The van der Waals surface area contributed by atoms with Gasteiger partial charge < -0.3 is 18.8 Å². The fourth-order valence-corrected chi connectivity index (χ4v) is 6.87. The average Bonchev–Trinajstić information content (AvgIpc) is 2.90. The maximum atomic E-state index is 11.8. The molecule has 5 nitrogen and oxygen atoms in total. The van der Waals surface area contributed by atoms with Crippen molar-refractivity contribution in [1.29, 1.82) is 0 Å². The number of hydrogen-bond acceptors (Lipinski definition) is 5. The number of allylic oxidation sites excluding steroid dienone is 1. The number of nitrogens with zero attached hydrogens (tertiary/aromatic N) is 1. The zero-order chi connectivity index (χ0) is 19.8. The van der Waals surface area contributed by atoms with Gasteiger partial charge in [-0.15, -0.1) is 0 Å². The number of rotatable bonds is 3. The predicted octanol–water partition coefficient (Wildman–Crippen LogP) is 3.13. The highest BCUT2D eigenvalue weighted by atomic mass is 28.4. The molecule has 2 aliphatic heterocycles. The molecule has 0 aromatic heterocycles. The van der Waals surface area contributed by atoms with Crippen LogP contribution >= 0.6 is 0 Å². The van der Waals surface area contributed by atoms with Gasteiger partial charge in [-0.05, 0) is 62.7 Å². The molecule has 1 saturated heterocycles. The second kappa shape index (κ2) is 5.86. The van der Waals surface area contributed by atoms with Crippen LogP contribution in [0, 0.1) is 11.8 Å². The molecule has 1 aromatic rings. The lowest BCUT2D eigenvalue weighted by Gasteiger charge is -2.56. The van der Waals surface area contributed by atoms with Crippen molar-refractivity contribution in [1.82, 2.24) is 4.90 Å². The number of hydrogen-bond donors (Lipinski definition) is 0. The molecule has 1 spiro atoms. The summed E-state index contributed by atoms with van der Waals surface area (Å²) in [5, 5.41) is 0. The van der Waals surface area contributed by atoms with Gasteiger partial charge in [-0.3, -0.25) is 4.79 Å². The number of piperidine rings is 1. The summed E-state index contributed by atoms with van der Waals surface area (Å²) >= 11 is 0. The minimum absolute atomic E-state index is 0.172. The first-order valence-electron chi connectivity index (χ1n) is 10.2. The van der Waals surface area contributed by atoms with Crippen LogP contribution in [-0.4, -0.2) is 51.5 Å². The third kappa shape index (κ3) is 2.50. The predicted molar refractivity (Wildman–Crippen MR) is 109 cm³/mol. The summed E-state index contributed by atoms with van der Waals surface area (Å²) in [5.74, 6) is 2.45. The number of benzene rings is 1. The maximum absolute atomic E-state index is 11.8. The molecule has 2 aliphatic carbocycles. The monoisotopic (exact) mass is 399 g/mol. The largest absolute Gasteiger partial charge is 0.542 e. The molecular formula is C22H29NO4Si. The normalized spacial score (nSPS) is 35.2. The average molecular weight is 400 g/mol. The van der Waals surface area contributed by atoms with Crippen LogP contribution in [0.5, 0.6) is 11.5 Å². The summed E-state index contributed by atoms with van der Waals surface area (Å²) in [7, 11) is 0.406. The number of esters is 1. The Morgan fingerprint density at radius 1 is 1.29 bits per heavy atom. The van der Waals surface area contributed by atoms with Gasteiger partial charge in [0.05, 0.1) is 5.41 Å². The van der Waals surface area contributed by atoms with E-state index in [4.69, 9.17) is 13.9 Å². The van der Waals surface area contributed by atoms with Crippen molar-refractivity contribution in [2.75, 3.05) is 20.1 Å². The molecule has 1 fully saturated rings. The van der Waals surface area contributed by atoms with E-state index < -0.39 is 8.32 Å². The Labute approximate surface area is 167 Å². The van der Waals surface area contributed by atoms with Crippen molar-refractivity contribution in [3.63, 3.8) is 0 Å². The molecule has 28 heavy (non-hydrogen) atoms. The molecule has 4 aliphatic rings. The topological polar surface area (TPSA) is 48.0 Å². The lowest BCUT2D eigenvalue weighted by Crippen LogP contribution is -2.65. The molecule has 150 valence electrons. The molecule has 1 aromatic carbocycles. The third-order valence-corrected chi connectivity index (χ3v) is 7.45. The van der Waals surface area contributed by atoms with Crippen LogP contribution in [0.2, 0.25) is 19.6 Å². The van der Waals surface area contributed by atoms with E-state index >= 15 is 0 Å². The molecule has 5 rings (SSSR count). The summed E-state index contributed by atoms with van der Waals surface area (Å²) in [4.78, 5) is 14.2. The zero-order valence-electron chi connectivity index (χ0n) is 17.3. The van der Waals surface area contributed by atoms with Gasteiger partial charge >= 0.3 is 5.97 Å². The summed E-state index contributed by atoms with van der Waals surface area (Å²) in [5.41, 5.74) is 2.52. The molecule has 5 atom stereocenters. The highest BCUT2D eigenvalue weighted by Gasteiger charge is 2.65. The van der Waals surface area contributed by atoms with Crippen molar-refractivity contribution >= 4 is 14.3 Å². The maximum Gasteiger partial charge on any atom is 0.303 e. The Bertz CT molecular complexity index is 876. The fourth-order valence-electron chi connectivity index (χ4n) is 6.05. The van der Waals surface area contributed by atoms with Gasteiger partial charge in [0.1, 0.15) is 5.75 Å². The van der Waals surface area contributed by atoms with Crippen LogP contribution < -0.4 is 9.16 Å². The highest BCUT2D eigenvalue weighted by Crippen LogP contribution is 2.62. The van der Waals surface area contributed by atoms with Crippen molar-refractivity contribution in [3.8, 4) is 11.5 Å². The van der Waals surface area contributed by atoms with Gasteiger partial charge in [0.15, 0.2) is 18.0 Å². The molecule has 2 heterocycles. The zero-order valence-corrected chi connectivity index (χ0v) is 18.3. The van der Waals surface area contributed by atoms with E-state index in [0.717, 1.165) is 31.0 Å². The van der Waals surface area contributed by atoms with Crippen LogP contribution in [-0.2, 0) is 21.4 Å². The standard InChI is InChI=1S/C22H29NO4Si/c1-13(24)25-18-9-7-16-15-10-14-6-8-17(27-28(3,4)5)20-19(14)22(16,21(18)26-20)12-23(2)11-15/h6-9,15-16,18,21H,10-12H2,1-5H3. The Hall–Kier alpha value is -1.79. The Morgan fingerprint density at radius 2 is 2.07 bits per heavy atom. The number of ether oxygens (including phenoxy) is 2. The van der Waals surface area contributed by atoms with Gasteiger partial charge in [-0.2, -0.15) is 0 Å². The van der Waals surface area contributed by atoms with Crippen LogP contribution in [0.1, 0.15) is 18.1 Å². The highest BCUT2D eigenvalue weighted by molar-refractivity contribution is 6.70. The van der Waals surface area contributed by atoms with Crippen LogP contribution in [0.3, 0.4) is 0 Å². The van der Waals surface area contributed by atoms with E-state index in [1.165, 1.54) is 18.1 Å². The molecule has 6 heteroatoms. The van der Waals surface area contributed by atoms with Crippen molar-refractivity contribution < 1.29 is 18.7 Å². The molecule has 2 bridgehead atoms. The van der Waals surface area contributed by atoms with Crippen LogP contribution in [0.4, 0.5) is 0 Å². The Morgan fingerprint density at radius 3 is 2.79 bits per heavy atom. The third-order valence-electron chi connectivity index (χ3n) is 6.61. The first kappa shape index (κ1) is 18.2. The lowest BCUT2D eigenvalue weighted by molar-refractivity contribution is -0.152. The Kier molecular flexibility index (Phi) is 3.82. The molecule has 0 N–H and O–H groups in total. The van der Waals surface area contributed by atoms with Crippen LogP contribution in [0.15, 0.2) is 24.3 Å². The second-order valence-electron chi connectivity index (χ2n) is 9.87. The summed E-state index contributed by atoms with van der Waals surface area (Å²) in [6.07, 6.45) is 4.86. The van der Waals surface area contributed by atoms with Gasteiger partial charge in [-0.1, -0.05) is 12.1 Å². The van der Waals surface area contributed by atoms with Gasteiger partial charge in [0, 0.05) is 25.6 Å². The Balaban J connectivity index is 1.70. The fraction of sp³-hybridized carbons (Fsp3) is 0.591. The lowest BCUT2D eigenvalue weighted by atomic mass is 9.53. The molecule has 0 amide bonds. The minimum Gasteiger partial charge on any atom is -0.542 e. The van der Waals surface area contributed by atoms with E-state index in [9.17, 15) is 4.79 Å². The van der Waals surface area contributed by atoms with Gasteiger partial charge in [-0.25, -0.2) is 0 Å². The van der Waals surface area contributed by atoms with E-state index in [-0.39, 0.29) is 23.6 Å². The van der Waals surface area contributed by atoms with Gasteiger partial charge in [0.2, 0.25) is 8.32 Å². The van der Waals surface area contributed by atoms with Crippen molar-refractivity contribution in [3.05, 3.63) is 35.4 Å². The van der Waals surface area contributed by atoms with Gasteiger partial charge in [0.25, 0.3) is 0 Å². The van der Waals surface area contributed by atoms with E-state index in [1.807, 2.05) is 0 Å². The number of carbonyl (C=O) groups excluding carboxylic acids is 1. The summed E-state index contributed by atoms with van der Waals surface area (Å²) < 4.78 is 18.8. The SMILES string of the molecule is CC(=O)OC1C=CC2C3Cc4ccc(O[Si](C)(C)C)c5c4C2(CN(C)C3)C1O5. The molecule has 0 radical (unpaired) electrons. The minimum atomic E-state index is -1.79.